The van der Waals surface area contributed by atoms with Crippen molar-refractivity contribution in [2.24, 2.45) is 0 Å². The molecule has 0 saturated carbocycles. The average Bonchev–Trinajstić information content (AvgIpc) is 2.78. The third-order valence-corrected chi connectivity index (χ3v) is 5.51. The third kappa shape index (κ3) is 4.31. The minimum Gasteiger partial charge on any atom is -0.497 e. The van der Waals surface area contributed by atoms with E-state index in [-0.39, 0.29) is 16.8 Å². The van der Waals surface area contributed by atoms with Crippen molar-refractivity contribution in [1.29, 1.82) is 0 Å². The van der Waals surface area contributed by atoms with Gasteiger partial charge in [0.15, 0.2) is 0 Å². The second-order valence-electron chi connectivity index (χ2n) is 4.80. The molecule has 0 bridgehead atoms. The molecule has 1 fully saturated rings. The van der Waals surface area contributed by atoms with E-state index in [2.05, 4.69) is 0 Å². The number of hydrogen-bond donors (Lipinski definition) is 1. The number of ether oxygens (including phenoxy) is 1. The lowest BCUT2D eigenvalue weighted by Crippen LogP contribution is -2.32. The molecule has 1 saturated heterocycles. The molecule has 1 aliphatic heterocycles. The van der Waals surface area contributed by atoms with E-state index in [0.717, 1.165) is 22.9 Å². The number of benzene rings is 1. The molecule has 1 heterocycles. The Morgan fingerprint density at radius 3 is 2.74 bits per heavy atom. The highest BCUT2D eigenvalue weighted by Crippen LogP contribution is 2.37. The highest BCUT2D eigenvalue weighted by atomic mass is 32.2. The zero-order valence-electron chi connectivity index (χ0n) is 12.5. The van der Waals surface area contributed by atoms with E-state index in [9.17, 15) is 13.2 Å². The molecule has 23 heavy (non-hydrogen) atoms. The molecule has 0 spiro atoms. The summed E-state index contributed by atoms with van der Waals surface area (Å²) in [6.45, 7) is 1.63. The van der Waals surface area contributed by atoms with Gasteiger partial charge >= 0.3 is 0 Å². The smallest absolute Gasteiger partial charge is 0.266 e. The molecule has 1 aromatic rings. The van der Waals surface area contributed by atoms with Gasteiger partial charge in [0.1, 0.15) is 10.1 Å². The predicted molar refractivity (Wildman–Crippen MR) is 93.9 cm³/mol. The molecule has 9 heteroatoms. The summed E-state index contributed by atoms with van der Waals surface area (Å²) in [5.74, 6) is -0.238. The van der Waals surface area contributed by atoms with E-state index in [0.29, 0.717) is 10.7 Å². The molecule has 6 nitrogen and oxygen atoms in total. The van der Waals surface area contributed by atoms with Gasteiger partial charge in [-0.25, -0.2) is 0 Å². The van der Waals surface area contributed by atoms with Crippen LogP contribution in [-0.4, -0.2) is 47.5 Å². The van der Waals surface area contributed by atoms with Crippen LogP contribution in [0.4, 0.5) is 0 Å². The second-order valence-corrected chi connectivity index (χ2v) is 8.01. The largest absolute Gasteiger partial charge is 0.497 e. The first-order valence-corrected chi connectivity index (χ1v) is 9.40. The molecule has 0 radical (unpaired) electrons. The summed E-state index contributed by atoms with van der Waals surface area (Å²) in [6.07, 6.45) is 0. The first-order chi connectivity index (χ1) is 10.7. The maximum atomic E-state index is 12.5. The van der Waals surface area contributed by atoms with Gasteiger partial charge in [0, 0.05) is 6.54 Å². The number of carbonyl (C=O) groups excluding carboxylic acids is 1. The number of rotatable bonds is 5. The lowest BCUT2D eigenvalue weighted by atomic mass is 10.1. The van der Waals surface area contributed by atoms with Crippen LogP contribution < -0.4 is 4.74 Å². The minimum atomic E-state index is -4.15. The minimum absolute atomic E-state index is 0.168. The van der Waals surface area contributed by atoms with Gasteiger partial charge in [0.25, 0.3) is 16.0 Å². The van der Waals surface area contributed by atoms with Crippen molar-refractivity contribution in [3.05, 3.63) is 34.7 Å². The van der Waals surface area contributed by atoms with Crippen molar-refractivity contribution < 1.29 is 22.5 Å². The van der Waals surface area contributed by atoms with E-state index in [1.54, 1.807) is 26.2 Å². The predicted octanol–water partition coefficient (Wildman–Crippen LogP) is 2.17. The Hall–Kier alpha value is -1.42. The molecular formula is C14H15NO5S3. The van der Waals surface area contributed by atoms with Crippen LogP contribution in [0.2, 0.25) is 0 Å². The number of methoxy groups -OCH3 is 1. The van der Waals surface area contributed by atoms with Crippen LogP contribution in [0.15, 0.2) is 29.2 Å². The first kappa shape index (κ1) is 17.9. The SMILES string of the molecule is COc1cccc(/C(C)=C2/SC(=S)N(CCS(=O)(=O)O)C2=O)c1. The molecule has 1 amide bonds. The molecule has 1 N–H and O–H groups in total. The standard InChI is InChI=1S/C14H15NO5S3/c1-9(10-4-3-5-11(8-10)20-2)12-13(16)15(14(21)22-12)6-7-23(17,18)19/h3-5,8H,6-7H2,1-2H3,(H,17,18,19)/b12-9+. The molecule has 0 aliphatic carbocycles. The summed E-state index contributed by atoms with van der Waals surface area (Å²) < 4.78 is 36.0. The zero-order valence-corrected chi connectivity index (χ0v) is 14.9. The quantitative estimate of drug-likeness (QED) is 0.481. The summed E-state index contributed by atoms with van der Waals surface area (Å²) in [5.41, 5.74) is 1.55. The van der Waals surface area contributed by atoms with Crippen molar-refractivity contribution in [1.82, 2.24) is 4.90 Å². The van der Waals surface area contributed by atoms with Crippen molar-refractivity contribution in [3.8, 4) is 5.75 Å². The van der Waals surface area contributed by atoms with Crippen molar-refractivity contribution in [2.45, 2.75) is 6.92 Å². The number of allylic oxidation sites excluding steroid dienone is 1. The molecule has 1 aliphatic rings. The Labute approximate surface area is 144 Å². The Morgan fingerprint density at radius 1 is 1.43 bits per heavy atom. The topological polar surface area (TPSA) is 83.9 Å². The lowest BCUT2D eigenvalue weighted by molar-refractivity contribution is -0.121. The first-order valence-electron chi connectivity index (χ1n) is 6.57. The van der Waals surface area contributed by atoms with Crippen LogP contribution in [0.3, 0.4) is 0 Å². The van der Waals surface area contributed by atoms with Gasteiger partial charge in [-0.1, -0.05) is 36.1 Å². The summed E-state index contributed by atoms with van der Waals surface area (Å²) in [7, 11) is -2.59. The van der Waals surface area contributed by atoms with Crippen LogP contribution >= 0.6 is 24.0 Å². The van der Waals surface area contributed by atoms with E-state index in [1.807, 2.05) is 12.1 Å². The maximum Gasteiger partial charge on any atom is 0.266 e. The Kier molecular flexibility index (Phi) is 5.45. The highest BCUT2D eigenvalue weighted by molar-refractivity contribution is 8.26. The highest BCUT2D eigenvalue weighted by Gasteiger charge is 2.34. The Balaban J connectivity index is 2.29. The molecule has 1 aromatic carbocycles. The van der Waals surface area contributed by atoms with E-state index >= 15 is 0 Å². The van der Waals surface area contributed by atoms with Crippen molar-refractivity contribution in [3.63, 3.8) is 0 Å². The van der Waals surface area contributed by atoms with Crippen LogP contribution in [0, 0.1) is 0 Å². The average molecular weight is 373 g/mol. The summed E-state index contributed by atoms with van der Waals surface area (Å²) in [4.78, 5) is 14.1. The summed E-state index contributed by atoms with van der Waals surface area (Å²) in [6, 6.07) is 7.27. The van der Waals surface area contributed by atoms with Gasteiger partial charge in [0.05, 0.1) is 17.8 Å². The number of hydrogen-bond acceptors (Lipinski definition) is 6. The molecule has 0 aromatic heterocycles. The monoisotopic (exact) mass is 373 g/mol. The number of amides is 1. The van der Waals surface area contributed by atoms with Crippen LogP contribution in [0.1, 0.15) is 12.5 Å². The van der Waals surface area contributed by atoms with Gasteiger partial charge in [-0.05, 0) is 30.2 Å². The van der Waals surface area contributed by atoms with Gasteiger partial charge in [0.2, 0.25) is 0 Å². The maximum absolute atomic E-state index is 12.5. The number of carbonyl (C=O) groups is 1. The fourth-order valence-corrected chi connectivity index (χ4v) is 3.78. The van der Waals surface area contributed by atoms with Gasteiger partial charge in [-0.3, -0.25) is 14.2 Å². The summed E-state index contributed by atoms with van der Waals surface area (Å²) >= 11 is 6.25. The molecular weight excluding hydrogens is 358 g/mol. The summed E-state index contributed by atoms with van der Waals surface area (Å²) in [5, 5.41) is 0. The van der Waals surface area contributed by atoms with Crippen LogP contribution in [0.5, 0.6) is 5.75 Å². The Morgan fingerprint density at radius 2 is 2.13 bits per heavy atom. The normalized spacial score (nSPS) is 17.6. The number of thiocarbonyl (C=S) groups is 1. The second kappa shape index (κ2) is 7.00. The number of thioether (sulfide) groups is 1. The van der Waals surface area contributed by atoms with E-state index < -0.39 is 15.9 Å². The van der Waals surface area contributed by atoms with Gasteiger partial charge in [-0.2, -0.15) is 8.42 Å². The fraction of sp³-hybridized carbons (Fsp3) is 0.286. The lowest BCUT2D eigenvalue weighted by Gasteiger charge is -2.13. The van der Waals surface area contributed by atoms with E-state index in [1.165, 1.54) is 4.90 Å². The Bertz CT molecular complexity index is 785. The fourth-order valence-electron chi connectivity index (χ4n) is 2.02. The van der Waals surface area contributed by atoms with Crippen molar-refractivity contribution >= 4 is 49.9 Å². The van der Waals surface area contributed by atoms with Gasteiger partial charge in [-0.15, -0.1) is 0 Å². The molecule has 2 rings (SSSR count). The van der Waals surface area contributed by atoms with Crippen LogP contribution in [0.25, 0.3) is 5.57 Å². The number of nitrogens with zero attached hydrogens (tertiary/aromatic N) is 1. The van der Waals surface area contributed by atoms with Crippen molar-refractivity contribution in [2.75, 3.05) is 19.4 Å². The molecule has 0 atom stereocenters. The zero-order chi connectivity index (χ0) is 17.2. The van der Waals surface area contributed by atoms with Gasteiger partial charge < -0.3 is 4.74 Å². The third-order valence-electron chi connectivity index (χ3n) is 3.27. The van der Waals surface area contributed by atoms with E-state index in [4.69, 9.17) is 21.5 Å². The molecule has 124 valence electrons. The van der Waals surface area contributed by atoms with Crippen LogP contribution in [-0.2, 0) is 14.9 Å². The molecule has 0 unspecified atom stereocenters.